The van der Waals surface area contributed by atoms with E-state index in [0.717, 1.165) is 11.3 Å². The van der Waals surface area contributed by atoms with E-state index in [4.69, 9.17) is 23.2 Å². The molecule has 0 fully saturated rings. The van der Waals surface area contributed by atoms with E-state index in [1.165, 1.54) is 10.8 Å². The number of rotatable bonds is 5. The first-order valence-corrected chi connectivity index (χ1v) is 9.20. The average molecular weight is 411 g/mol. The lowest BCUT2D eigenvalue weighted by molar-refractivity contribution is -0.117. The Morgan fingerprint density at radius 3 is 2.50 bits per heavy atom. The maximum Gasteiger partial charge on any atom is 0.262 e. The van der Waals surface area contributed by atoms with Gasteiger partial charge in [0.1, 0.15) is 16.8 Å². The molecule has 5 nitrogen and oxygen atoms in total. The topological polar surface area (TPSA) is 70.7 Å². The van der Waals surface area contributed by atoms with Crippen LogP contribution in [0.4, 0.5) is 0 Å². The van der Waals surface area contributed by atoms with Gasteiger partial charge >= 0.3 is 0 Å². The molecule has 1 N–H and O–H groups in total. The largest absolute Gasteiger partial charge is 0.347 e. The zero-order valence-corrected chi connectivity index (χ0v) is 16.5. The van der Waals surface area contributed by atoms with E-state index in [9.17, 15) is 10.1 Å². The van der Waals surface area contributed by atoms with Crippen LogP contribution in [0.15, 0.2) is 60.2 Å². The van der Waals surface area contributed by atoms with E-state index < -0.39 is 5.91 Å². The molecule has 140 valence electrons. The molecule has 2 aromatic carbocycles. The van der Waals surface area contributed by atoms with Gasteiger partial charge in [-0.1, -0.05) is 53.5 Å². The molecule has 3 aromatic rings. The number of benzene rings is 2. The van der Waals surface area contributed by atoms with E-state index in [2.05, 4.69) is 10.4 Å². The Bertz CT molecular complexity index is 1060. The van der Waals surface area contributed by atoms with E-state index in [0.29, 0.717) is 28.0 Å². The number of hydrogen-bond donors (Lipinski definition) is 1. The zero-order valence-electron chi connectivity index (χ0n) is 15.0. The Labute approximate surface area is 172 Å². The molecule has 0 aliphatic heterocycles. The van der Waals surface area contributed by atoms with Crippen LogP contribution in [0.2, 0.25) is 10.2 Å². The Hall–Kier alpha value is -3.07. The highest BCUT2D eigenvalue weighted by Gasteiger charge is 2.16. The lowest BCUT2D eigenvalue weighted by Crippen LogP contribution is -2.23. The third-order valence-corrected chi connectivity index (χ3v) is 4.68. The van der Waals surface area contributed by atoms with Gasteiger partial charge in [-0.15, -0.1) is 0 Å². The fourth-order valence-corrected chi connectivity index (χ4v) is 3.05. The SMILES string of the molecule is Cc1nn(-c2ccc(Cl)cc2)c(Cl)c1C=C(C#N)C(=O)NCc1ccccc1. The number of aromatic nitrogens is 2. The minimum Gasteiger partial charge on any atom is -0.347 e. The summed E-state index contributed by atoms with van der Waals surface area (Å²) in [5.41, 5.74) is 2.74. The number of halogens is 2. The molecular weight excluding hydrogens is 395 g/mol. The van der Waals surface area contributed by atoms with Crippen molar-refractivity contribution in [3.8, 4) is 11.8 Å². The van der Waals surface area contributed by atoms with Crippen molar-refractivity contribution in [3.63, 3.8) is 0 Å². The van der Waals surface area contributed by atoms with Gasteiger partial charge in [0.05, 0.1) is 11.4 Å². The van der Waals surface area contributed by atoms with Crippen molar-refractivity contribution in [1.29, 1.82) is 5.26 Å². The predicted octanol–water partition coefficient (Wildman–Crippen LogP) is 4.71. The predicted molar refractivity (Wildman–Crippen MR) is 110 cm³/mol. The zero-order chi connectivity index (χ0) is 20.1. The summed E-state index contributed by atoms with van der Waals surface area (Å²) in [5, 5.41) is 17.5. The third kappa shape index (κ3) is 4.42. The Kier molecular flexibility index (Phi) is 6.15. The number of carbonyl (C=O) groups is 1. The summed E-state index contributed by atoms with van der Waals surface area (Å²) in [6, 6.07) is 18.4. The summed E-state index contributed by atoms with van der Waals surface area (Å²) >= 11 is 12.4. The van der Waals surface area contributed by atoms with Crippen molar-refractivity contribution in [3.05, 3.63) is 87.2 Å². The first-order valence-electron chi connectivity index (χ1n) is 8.44. The van der Waals surface area contributed by atoms with Crippen molar-refractivity contribution in [1.82, 2.24) is 15.1 Å². The molecule has 0 unspecified atom stereocenters. The second-order valence-corrected chi connectivity index (χ2v) is 6.81. The number of amides is 1. The molecule has 1 aromatic heterocycles. The third-order valence-electron chi connectivity index (χ3n) is 4.07. The summed E-state index contributed by atoms with van der Waals surface area (Å²) in [6.45, 7) is 2.09. The van der Waals surface area contributed by atoms with Gasteiger partial charge in [0.25, 0.3) is 5.91 Å². The first-order chi connectivity index (χ1) is 13.5. The molecule has 1 amide bonds. The van der Waals surface area contributed by atoms with Crippen molar-refractivity contribution in [2.75, 3.05) is 0 Å². The van der Waals surface area contributed by atoms with Gasteiger partial charge in [-0.25, -0.2) is 4.68 Å². The molecule has 0 aliphatic rings. The van der Waals surface area contributed by atoms with Crippen molar-refractivity contribution in [2.45, 2.75) is 13.5 Å². The van der Waals surface area contributed by atoms with Crippen LogP contribution in [0.25, 0.3) is 11.8 Å². The van der Waals surface area contributed by atoms with Gasteiger partial charge in [-0.3, -0.25) is 4.79 Å². The van der Waals surface area contributed by atoms with Gasteiger partial charge in [-0.2, -0.15) is 10.4 Å². The normalized spacial score (nSPS) is 11.1. The van der Waals surface area contributed by atoms with Gasteiger partial charge in [0.15, 0.2) is 0 Å². The average Bonchev–Trinajstić information content (AvgIpc) is 2.99. The monoisotopic (exact) mass is 410 g/mol. The number of nitrogens with one attached hydrogen (secondary N) is 1. The van der Waals surface area contributed by atoms with Crippen LogP contribution in [0.5, 0.6) is 0 Å². The quantitative estimate of drug-likeness (QED) is 0.488. The molecule has 3 rings (SSSR count). The molecule has 1 heterocycles. The van der Waals surface area contributed by atoms with Crippen LogP contribution in [0.1, 0.15) is 16.8 Å². The lowest BCUT2D eigenvalue weighted by Gasteiger charge is -2.05. The molecule has 7 heteroatoms. The number of nitriles is 1. The molecule has 0 saturated carbocycles. The van der Waals surface area contributed by atoms with Crippen molar-refractivity contribution in [2.24, 2.45) is 0 Å². The highest BCUT2D eigenvalue weighted by atomic mass is 35.5. The second-order valence-electron chi connectivity index (χ2n) is 6.02. The van der Waals surface area contributed by atoms with Crippen molar-refractivity contribution < 1.29 is 4.79 Å². The highest BCUT2D eigenvalue weighted by molar-refractivity contribution is 6.31. The number of carbonyl (C=O) groups excluding carboxylic acids is 1. The summed E-state index contributed by atoms with van der Waals surface area (Å²) in [4.78, 5) is 12.4. The first kappa shape index (κ1) is 19.7. The van der Waals surface area contributed by atoms with Gasteiger partial charge in [0.2, 0.25) is 0 Å². The highest BCUT2D eigenvalue weighted by Crippen LogP contribution is 2.26. The summed E-state index contributed by atoms with van der Waals surface area (Å²) in [5.74, 6) is -0.471. The minimum absolute atomic E-state index is 0.0448. The van der Waals surface area contributed by atoms with E-state index >= 15 is 0 Å². The summed E-state index contributed by atoms with van der Waals surface area (Å²) < 4.78 is 1.54. The molecule has 28 heavy (non-hydrogen) atoms. The van der Waals surface area contributed by atoms with Gasteiger partial charge in [0, 0.05) is 17.1 Å². The number of nitrogens with zero attached hydrogens (tertiary/aromatic N) is 3. The summed E-state index contributed by atoms with van der Waals surface area (Å²) in [7, 11) is 0. The van der Waals surface area contributed by atoms with E-state index in [-0.39, 0.29) is 5.57 Å². The van der Waals surface area contributed by atoms with Crippen LogP contribution in [0, 0.1) is 18.3 Å². The maximum absolute atomic E-state index is 12.4. The number of aryl methyl sites for hydroxylation is 1. The van der Waals surface area contributed by atoms with E-state index in [1.54, 1.807) is 31.2 Å². The van der Waals surface area contributed by atoms with E-state index in [1.807, 2.05) is 36.4 Å². The lowest BCUT2D eigenvalue weighted by atomic mass is 10.1. The maximum atomic E-state index is 12.4. The fourth-order valence-electron chi connectivity index (χ4n) is 2.59. The van der Waals surface area contributed by atoms with Crippen LogP contribution < -0.4 is 5.32 Å². The Balaban J connectivity index is 1.85. The standard InChI is InChI=1S/C21H16Cl2N4O/c1-14-19(20(23)27(26-14)18-9-7-17(22)8-10-18)11-16(12-24)21(28)25-13-15-5-3-2-4-6-15/h2-11H,13H2,1H3,(H,25,28). The summed E-state index contributed by atoms with van der Waals surface area (Å²) in [6.07, 6.45) is 1.46. The van der Waals surface area contributed by atoms with Crippen LogP contribution >= 0.6 is 23.2 Å². The molecule has 0 aliphatic carbocycles. The smallest absolute Gasteiger partial charge is 0.262 e. The molecule has 0 spiro atoms. The minimum atomic E-state index is -0.471. The van der Waals surface area contributed by atoms with Crippen LogP contribution in [-0.4, -0.2) is 15.7 Å². The number of hydrogen-bond acceptors (Lipinski definition) is 3. The Morgan fingerprint density at radius 2 is 1.86 bits per heavy atom. The van der Waals surface area contributed by atoms with Crippen LogP contribution in [-0.2, 0) is 11.3 Å². The molecule has 0 bridgehead atoms. The molecule has 0 saturated heterocycles. The second kappa shape index (κ2) is 8.75. The molecular formula is C21H16Cl2N4O. The van der Waals surface area contributed by atoms with Gasteiger partial charge in [-0.05, 0) is 42.8 Å². The van der Waals surface area contributed by atoms with Crippen molar-refractivity contribution >= 4 is 35.2 Å². The van der Waals surface area contributed by atoms with Gasteiger partial charge < -0.3 is 5.32 Å². The molecule has 0 radical (unpaired) electrons. The molecule has 0 atom stereocenters. The van der Waals surface area contributed by atoms with Crippen LogP contribution in [0.3, 0.4) is 0 Å². The fraction of sp³-hybridized carbons (Fsp3) is 0.0952. The Morgan fingerprint density at radius 1 is 1.18 bits per heavy atom.